The number of rotatable bonds is 6. The number of piperidine rings is 1. The van der Waals surface area contributed by atoms with E-state index >= 15 is 0 Å². The molecule has 0 amide bonds. The molecule has 3 nitrogen and oxygen atoms in total. The Morgan fingerprint density at radius 1 is 1.28 bits per heavy atom. The van der Waals surface area contributed by atoms with Crippen LogP contribution in [0.25, 0.3) is 0 Å². The second kappa shape index (κ2) is 7.46. The standard InChI is InChI=1S/C15H31N3/c1-3-4-11-18(12-14-7-5-9-16-14)15-8-6-10-17(2)13-15/h14-16H,3-13H2,1-2H3. The summed E-state index contributed by atoms with van der Waals surface area (Å²) in [5.41, 5.74) is 0. The van der Waals surface area contributed by atoms with E-state index in [-0.39, 0.29) is 0 Å². The summed E-state index contributed by atoms with van der Waals surface area (Å²) < 4.78 is 0. The molecular formula is C15H31N3. The minimum Gasteiger partial charge on any atom is -0.313 e. The number of unbranched alkanes of at least 4 members (excludes halogenated alkanes) is 1. The normalized spacial score (nSPS) is 30.2. The molecule has 0 aliphatic carbocycles. The Balaban J connectivity index is 1.85. The molecule has 2 heterocycles. The molecule has 2 unspecified atom stereocenters. The molecule has 0 aromatic carbocycles. The highest BCUT2D eigenvalue weighted by Crippen LogP contribution is 2.17. The molecular weight excluding hydrogens is 222 g/mol. The van der Waals surface area contributed by atoms with Gasteiger partial charge in [-0.3, -0.25) is 4.90 Å². The molecule has 0 spiro atoms. The highest BCUT2D eigenvalue weighted by atomic mass is 15.2. The second-order valence-corrected chi connectivity index (χ2v) is 6.20. The summed E-state index contributed by atoms with van der Waals surface area (Å²) in [6, 6.07) is 1.56. The third-order valence-electron chi connectivity index (χ3n) is 4.53. The number of likely N-dealkylation sites (N-methyl/N-ethyl adjacent to an activating group) is 1. The van der Waals surface area contributed by atoms with Crippen LogP contribution in [0.1, 0.15) is 45.4 Å². The summed E-state index contributed by atoms with van der Waals surface area (Å²) in [6.45, 7) is 8.68. The number of nitrogens with one attached hydrogen (secondary N) is 1. The Bertz CT molecular complexity index is 226. The topological polar surface area (TPSA) is 18.5 Å². The molecule has 0 radical (unpaired) electrons. The maximum atomic E-state index is 3.66. The molecule has 0 bridgehead atoms. The van der Waals surface area contributed by atoms with Crippen molar-refractivity contribution < 1.29 is 0 Å². The van der Waals surface area contributed by atoms with Gasteiger partial charge in [-0.2, -0.15) is 0 Å². The van der Waals surface area contributed by atoms with Gasteiger partial charge < -0.3 is 10.2 Å². The van der Waals surface area contributed by atoms with Crippen molar-refractivity contribution in [2.45, 2.75) is 57.5 Å². The average Bonchev–Trinajstić information content (AvgIpc) is 2.87. The Hall–Kier alpha value is -0.120. The maximum absolute atomic E-state index is 3.66. The van der Waals surface area contributed by atoms with E-state index in [4.69, 9.17) is 0 Å². The van der Waals surface area contributed by atoms with E-state index in [0.29, 0.717) is 0 Å². The van der Waals surface area contributed by atoms with Gasteiger partial charge in [0.05, 0.1) is 0 Å². The van der Waals surface area contributed by atoms with Gasteiger partial charge in [0.25, 0.3) is 0 Å². The largest absolute Gasteiger partial charge is 0.313 e. The maximum Gasteiger partial charge on any atom is 0.0224 e. The van der Waals surface area contributed by atoms with Crippen molar-refractivity contribution in [1.82, 2.24) is 15.1 Å². The highest BCUT2D eigenvalue weighted by molar-refractivity contribution is 4.84. The number of nitrogens with zero attached hydrogens (tertiary/aromatic N) is 2. The van der Waals surface area contributed by atoms with Gasteiger partial charge in [-0.15, -0.1) is 0 Å². The molecule has 0 saturated carbocycles. The molecule has 2 rings (SSSR count). The predicted octanol–water partition coefficient (Wildman–Crippen LogP) is 1.93. The first kappa shape index (κ1) is 14.3. The predicted molar refractivity (Wildman–Crippen MR) is 78.0 cm³/mol. The second-order valence-electron chi connectivity index (χ2n) is 6.20. The quantitative estimate of drug-likeness (QED) is 0.780. The molecule has 2 aliphatic heterocycles. The third-order valence-corrected chi connectivity index (χ3v) is 4.53. The minimum atomic E-state index is 0.758. The van der Waals surface area contributed by atoms with E-state index in [0.717, 1.165) is 12.1 Å². The van der Waals surface area contributed by atoms with E-state index < -0.39 is 0 Å². The van der Waals surface area contributed by atoms with Gasteiger partial charge in [0, 0.05) is 25.2 Å². The summed E-state index contributed by atoms with van der Waals surface area (Å²) in [5, 5.41) is 3.66. The highest BCUT2D eigenvalue weighted by Gasteiger charge is 2.26. The average molecular weight is 253 g/mol. The fraction of sp³-hybridized carbons (Fsp3) is 1.00. The van der Waals surface area contributed by atoms with Crippen molar-refractivity contribution in [2.75, 3.05) is 39.8 Å². The van der Waals surface area contributed by atoms with Gasteiger partial charge in [0.15, 0.2) is 0 Å². The van der Waals surface area contributed by atoms with E-state index in [9.17, 15) is 0 Å². The van der Waals surface area contributed by atoms with E-state index in [2.05, 4.69) is 29.1 Å². The number of likely N-dealkylation sites (tertiary alicyclic amines) is 1. The summed E-state index contributed by atoms with van der Waals surface area (Å²) in [5.74, 6) is 0. The van der Waals surface area contributed by atoms with Crippen molar-refractivity contribution in [2.24, 2.45) is 0 Å². The summed E-state index contributed by atoms with van der Waals surface area (Å²) in [6.07, 6.45) is 8.20. The lowest BCUT2D eigenvalue weighted by Crippen LogP contribution is -2.50. The van der Waals surface area contributed by atoms with Gasteiger partial charge in [-0.05, 0) is 58.8 Å². The van der Waals surface area contributed by atoms with E-state index in [1.807, 2.05) is 0 Å². The Morgan fingerprint density at radius 3 is 2.83 bits per heavy atom. The molecule has 2 aliphatic rings. The Kier molecular flexibility index (Phi) is 5.93. The zero-order valence-corrected chi connectivity index (χ0v) is 12.3. The molecule has 2 saturated heterocycles. The van der Waals surface area contributed by atoms with Gasteiger partial charge >= 0.3 is 0 Å². The first-order chi connectivity index (χ1) is 8.79. The minimum absolute atomic E-state index is 0.758. The lowest BCUT2D eigenvalue weighted by atomic mass is 10.0. The van der Waals surface area contributed by atoms with Crippen LogP contribution >= 0.6 is 0 Å². The van der Waals surface area contributed by atoms with Gasteiger partial charge in [-0.1, -0.05) is 13.3 Å². The Labute approximate surface area is 113 Å². The summed E-state index contributed by atoms with van der Waals surface area (Å²) in [4.78, 5) is 5.29. The first-order valence-corrected chi connectivity index (χ1v) is 7.95. The fourth-order valence-corrected chi connectivity index (χ4v) is 3.42. The SMILES string of the molecule is CCCCN(CC1CCCN1)C1CCCN(C)C1. The zero-order valence-electron chi connectivity index (χ0n) is 12.3. The fourth-order valence-electron chi connectivity index (χ4n) is 3.42. The molecule has 0 aromatic heterocycles. The van der Waals surface area contributed by atoms with Crippen molar-refractivity contribution in [3.8, 4) is 0 Å². The molecule has 2 fully saturated rings. The van der Waals surface area contributed by atoms with Crippen LogP contribution in [0.3, 0.4) is 0 Å². The van der Waals surface area contributed by atoms with Gasteiger partial charge in [0.2, 0.25) is 0 Å². The summed E-state index contributed by atoms with van der Waals surface area (Å²) >= 11 is 0. The van der Waals surface area contributed by atoms with Crippen LogP contribution in [0.4, 0.5) is 0 Å². The van der Waals surface area contributed by atoms with Crippen LogP contribution in [0, 0.1) is 0 Å². The third kappa shape index (κ3) is 4.22. The number of hydrogen-bond donors (Lipinski definition) is 1. The molecule has 18 heavy (non-hydrogen) atoms. The van der Waals surface area contributed by atoms with Crippen LogP contribution in [-0.2, 0) is 0 Å². The lowest BCUT2D eigenvalue weighted by molar-refractivity contribution is 0.103. The Morgan fingerprint density at radius 2 is 2.17 bits per heavy atom. The zero-order chi connectivity index (χ0) is 12.8. The van der Waals surface area contributed by atoms with Crippen molar-refractivity contribution in [3.63, 3.8) is 0 Å². The van der Waals surface area contributed by atoms with E-state index in [1.54, 1.807) is 0 Å². The van der Waals surface area contributed by atoms with Crippen molar-refractivity contribution in [3.05, 3.63) is 0 Å². The molecule has 106 valence electrons. The van der Waals surface area contributed by atoms with Crippen LogP contribution in [0.15, 0.2) is 0 Å². The van der Waals surface area contributed by atoms with Gasteiger partial charge in [0.1, 0.15) is 0 Å². The molecule has 1 N–H and O–H groups in total. The molecule has 0 aromatic rings. The monoisotopic (exact) mass is 253 g/mol. The molecule has 2 atom stereocenters. The van der Waals surface area contributed by atoms with Crippen molar-refractivity contribution in [1.29, 1.82) is 0 Å². The van der Waals surface area contributed by atoms with Crippen LogP contribution in [-0.4, -0.2) is 61.7 Å². The lowest BCUT2D eigenvalue weighted by Gasteiger charge is -2.39. The molecule has 3 heteroatoms. The summed E-state index contributed by atoms with van der Waals surface area (Å²) in [7, 11) is 2.28. The first-order valence-electron chi connectivity index (χ1n) is 7.95. The van der Waals surface area contributed by atoms with Crippen LogP contribution < -0.4 is 5.32 Å². The smallest absolute Gasteiger partial charge is 0.0224 e. The van der Waals surface area contributed by atoms with Gasteiger partial charge in [-0.25, -0.2) is 0 Å². The van der Waals surface area contributed by atoms with Crippen molar-refractivity contribution >= 4 is 0 Å². The number of hydrogen-bond acceptors (Lipinski definition) is 3. The van der Waals surface area contributed by atoms with Crippen LogP contribution in [0.2, 0.25) is 0 Å². The van der Waals surface area contributed by atoms with E-state index in [1.165, 1.54) is 71.2 Å². The van der Waals surface area contributed by atoms with Crippen LogP contribution in [0.5, 0.6) is 0 Å².